The van der Waals surface area contributed by atoms with Crippen LogP contribution in [-0.4, -0.2) is 38.8 Å². The fourth-order valence-electron chi connectivity index (χ4n) is 5.35. The van der Waals surface area contributed by atoms with Crippen molar-refractivity contribution in [2.45, 2.75) is 50.0 Å². The Morgan fingerprint density at radius 3 is 2.60 bits per heavy atom. The molecule has 2 fully saturated rings. The number of nitrogens with two attached hydrogens (primary N) is 1. The number of hydrogen-bond acceptors (Lipinski definition) is 5. The molecule has 1 aliphatic carbocycles. The Hall–Kier alpha value is -3.23. The second-order valence-corrected chi connectivity index (χ2v) is 9.70. The lowest BCUT2D eigenvalue weighted by molar-refractivity contribution is 0.00822. The van der Waals surface area contributed by atoms with Crippen molar-refractivity contribution in [1.82, 2.24) is 19.6 Å². The van der Waals surface area contributed by atoms with Gasteiger partial charge in [0.1, 0.15) is 17.5 Å². The summed E-state index contributed by atoms with van der Waals surface area (Å²) in [5.41, 5.74) is 10.0. The zero-order chi connectivity index (χ0) is 23.9. The SMILES string of the molecule is N[C@H]1CCC[C@@H](c2ccncc2Cc2ncc3ccc(-c4c(F)cc(C5COC5)cc4F)nn23)C1. The first-order valence-corrected chi connectivity index (χ1v) is 12.2. The fraction of sp³-hybridized carbons (Fsp3) is 0.370. The summed E-state index contributed by atoms with van der Waals surface area (Å²) in [5, 5.41) is 4.60. The smallest absolute Gasteiger partial charge is 0.135 e. The van der Waals surface area contributed by atoms with Gasteiger partial charge in [0.05, 0.1) is 36.2 Å². The highest BCUT2D eigenvalue weighted by Gasteiger charge is 2.25. The number of fused-ring (bicyclic) bond motifs is 1. The van der Waals surface area contributed by atoms with Crippen molar-refractivity contribution in [3.63, 3.8) is 0 Å². The van der Waals surface area contributed by atoms with E-state index in [4.69, 9.17) is 10.5 Å². The number of aromatic nitrogens is 4. The molecular weight excluding hydrogens is 448 g/mol. The average molecular weight is 476 g/mol. The van der Waals surface area contributed by atoms with Crippen molar-refractivity contribution < 1.29 is 13.5 Å². The first-order valence-electron chi connectivity index (χ1n) is 12.2. The normalized spacial score (nSPS) is 20.8. The minimum Gasteiger partial charge on any atom is -0.380 e. The Morgan fingerprint density at radius 2 is 1.86 bits per heavy atom. The Balaban J connectivity index is 1.34. The molecule has 1 aliphatic heterocycles. The topological polar surface area (TPSA) is 78.3 Å². The van der Waals surface area contributed by atoms with Crippen LogP contribution in [0.3, 0.4) is 0 Å². The van der Waals surface area contributed by atoms with E-state index < -0.39 is 11.6 Å². The zero-order valence-corrected chi connectivity index (χ0v) is 19.3. The van der Waals surface area contributed by atoms with Gasteiger partial charge < -0.3 is 10.5 Å². The molecular formula is C27H27F2N5O. The number of nitrogens with zero attached hydrogens (tertiary/aromatic N) is 4. The van der Waals surface area contributed by atoms with Crippen molar-refractivity contribution in [2.24, 2.45) is 5.73 Å². The maximum atomic E-state index is 15.0. The van der Waals surface area contributed by atoms with Gasteiger partial charge in [-0.3, -0.25) is 4.98 Å². The van der Waals surface area contributed by atoms with Gasteiger partial charge in [-0.05, 0) is 72.2 Å². The van der Waals surface area contributed by atoms with Gasteiger partial charge in [0.25, 0.3) is 0 Å². The van der Waals surface area contributed by atoms with Gasteiger partial charge in [-0.1, -0.05) is 6.42 Å². The molecule has 2 atom stereocenters. The molecule has 1 saturated heterocycles. The lowest BCUT2D eigenvalue weighted by Gasteiger charge is -2.28. The summed E-state index contributed by atoms with van der Waals surface area (Å²) in [6.07, 6.45) is 10.2. The molecule has 0 amide bonds. The van der Waals surface area contributed by atoms with E-state index in [9.17, 15) is 0 Å². The van der Waals surface area contributed by atoms with Gasteiger partial charge in [0.15, 0.2) is 0 Å². The molecule has 3 aromatic heterocycles. The van der Waals surface area contributed by atoms with Gasteiger partial charge in [0, 0.05) is 30.8 Å². The predicted octanol–water partition coefficient (Wildman–Crippen LogP) is 4.76. The van der Waals surface area contributed by atoms with Crippen LogP contribution in [0, 0.1) is 11.6 Å². The largest absolute Gasteiger partial charge is 0.380 e. The Kier molecular flexibility index (Phi) is 5.78. The maximum Gasteiger partial charge on any atom is 0.135 e. The standard InChI is InChI=1S/C27H27F2N5O/c28-23-9-17(19-14-35-15-19)10-24(29)27(23)25-5-4-21-13-32-26(34(21)33-25)11-18-12-31-7-6-22(18)16-2-1-3-20(30)8-16/h4-7,9-10,12-13,16,19-20H,1-3,8,11,14-15,30H2/t16-,20+/m1/s1. The summed E-state index contributed by atoms with van der Waals surface area (Å²) in [6, 6.07) is 8.50. The summed E-state index contributed by atoms with van der Waals surface area (Å²) in [5.74, 6) is -0.113. The minimum absolute atomic E-state index is 0.0381. The third-order valence-corrected chi connectivity index (χ3v) is 7.33. The number of imidazole rings is 1. The highest BCUT2D eigenvalue weighted by Crippen LogP contribution is 2.35. The lowest BCUT2D eigenvalue weighted by Crippen LogP contribution is -2.27. The monoisotopic (exact) mass is 475 g/mol. The number of pyridine rings is 1. The molecule has 8 heteroatoms. The molecule has 2 N–H and O–H groups in total. The maximum absolute atomic E-state index is 15.0. The lowest BCUT2D eigenvalue weighted by atomic mass is 9.80. The van der Waals surface area contributed by atoms with E-state index in [2.05, 4.69) is 21.1 Å². The quantitative estimate of drug-likeness (QED) is 0.450. The highest BCUT2D eigenvalue weighted by molar-refractivity contribution is 5.63. The summed E-state index contributed by atoms with van der Waals surface area (Å²) >= 11 is 0. The molecule has 0 bridgehead atoms. The van der Waals surface area contributed by atoms with Crippen LogP contribution in [0.2, 0.25) is 0 Å². The van der Waals surface area contributed by atoms with Gasteiger partial charge in [-0.2, -0.15) is 5.10 Å². The first-order chi connectivity index (χ1) is 17.1. The van der Waals surface area contributed by atoms with Gasteiger partial charge in [-0.15, -0.1) is 0 Å². The van der Waals surface area contributed by atoms with Crippen molar-refractivity contribution in [2.75, 3.05) is 13.2 Å². The fourth-order valence-corrected chi connectivity index (χ4v) is 5.35. The van der Waals surface area contributed by atoms with Crippen molar-refractivity contribution in [3.8, 4) is 11.3 Å². The van der Waals surface area contributed by atoms with Crippen LogP contribution in [-0.2, 0) is 11.2 Å². The van der Waals surface area contributed by atoms with Crippen molar-refractivity contribution in [1.29, 1.82) is 0 Å². The Morgan fingerprint density at radius 1 is 1.03 bits per heavy atom. The predicted molar refractivity (Wildman–Crippen MR) is 128 cm³/mol. The summed E-state index contributed by atoms with van der Waals surface area (Å²) in [6.45, 7) is 0.980. The Bertz CT molecular complexity index is 1360. The van der Waals surface area contributed by atoms with Crippen LogP contribution in [0.1, 0.15) is 60.0 Å². The molecule has 1 saturated carbocycles. The van der Waals surface area contributed by atoms with E-state index in [0.717, 1.165) is 36.8 Å². The van der Waals surface area contributed by atoms with Crippen LogP contribution in [0.5, 0.6) is 0 Å². The molecule has 35 heavy (non-hydrogen) atoms. The average Bonchev–Trinajstić information content (AvgIpc) is 3.20. The minimum atomic E-state index is -0.622. The molecule has 6 rings (SSSR count). The summed E-state index contributed by atoms with van der Waals surface area (Å²) < 4.78 is 36.9. The molecule has 0 unspecified atom stereocenters. The number of halogens is 2. The highest BCUT2D eigenvalue weighted by atomic mass is 19.1. The van der Waals surface area contributed by atoms with E-state index in [1.165, 1.54) is 17.7 Å². The van der Waals surface area contributed by atoms with E-state index >= 15 is 8.78 Å². The number of rotatable bonds is 5. The Labute approximate surface area is 202 Å². The third kappa shape index (κ3) is 4.21. The third-order valence-electron chi connectivity index (χ3n) is 7.33. The van der Waals surface area contributed by atoms with Gasteiger partial charge in [-0.25, -0.2) is 18.3 Å². The van der Waals surface area contributed by atoms with E-state index in [-0.39, 0.29) is 23.2 Å². The molecule has 0 spiro atoms. The number of ether oxygens (including phenoxy) is 1. The van der Waals surface area contributed by atoms with Crippen molar-refractivity contribution >= 4 is 5.52 Å². The van der Waals surface area contributed by atoms with E-state index in [1.807, 2.05) is 12.4 Å². The zero-order valence-electron chi connectivity index (χ0n) is 19.3. The molecule has 4 aromatic rings. The second kappa shape index (κ2) is 9.09. The van der Waals surface area contributed by atoms with Crippen LogP contribution >= 0.6 is 0 Å². The van der Waals surface area contributed by atoms with Crippen molar-refractivity contribution in [3.05, 3.63) is 83.1 Å². The second-order valence-electron chi connectivity index (χ2n) is 9.70. The summed E-state index contributed by atoms with van der Waals surface area (Å²) in [4.78, 5) is 8.92. The molecule has 180 valence electrons. The first kappa shape index (κ1) is 22.2. The van der Waals surface area contributed by atoms with Gasteiger partial charge >= 0.3 is 0 Å². The van der Waals surface area contributed by atoms with Crippen LogP contribution in [0.4, 0.5) is 8.78 Å². The van der Waals surface area contributed by atoms with Crippen LogP contribution in [0.15, 0.2) is 48.9 Å². The van der Waals surface area contributed by atoms with E-state index in [0.29, 0.717) is 36.9 Å². The molecule has 4 heterocycles. The van der Waals surface area contributed by atoms with Crippen LogP contribution < -0.4 is 5.73 Å². The molecule has 6 nitrogen and oxygen atoms in total. The molecule has 2 aliphatic rings. The molecule has 1 aromatic carbocycles. The van der Waals surface area contributed by atoms with E-state index in [1.54, 1.807) is 22.8 Å². The number of benzene rings is 1. The summed E-state index contributed by atoms with van der Waals surface area (Å²) in [7, 11) is 0. The van der Waals surface area contributed by atoms with Crippen LogP contribution in [0.25, 0.3) is 16.8 Å². The molecule has 0 radical (unpaired) electrons. The van der Waals surface area contributed by atoms with Gasteiger partial charge in [0.2, 0.25) is 0 Å². The number of hydrogen-bond donors (Lipinski definition) is 1.